The number of rotatable bonds is 10. The molecule has 0 aliphatic carbocycles. The summed E-state index contributed by atoms with van der Waals surface area (Å²) in [6.07, 6.45) is 3.06. The number of aliphatic hydroxyl groups excluding tert-OH is 1. The monoisotopic (exact) mass is 335 g/mol. The summed E-state index contributed by atoms with van der Waals surface area (Å²) in [5.41, 5.74) is 2.25. The van der Waals surface area contributed by atoms with E-state index >= 15 is 0 Å². The first-order valence-electron chi connectivity index (χ1n) is 8.91. The van der Waals surface area contributed by atoms with E-state index in [4.69, 9.17) is 4.74 Å². The van der Waals surface area contributed by atoms with Crippen molar-refractivity contribution >= 4 is 5.96 Å². The molecule has 1 unspecified atom stereocenters. The van der Waals surface area contributed by atoms with Gasteiger partial charge in [-0.15, -0.1) is 0 Å². The standard InChI is InChI=1S/C19H33N3O2/c1-5-7-16(10-11-23)13-21-19(20-6-2)22-14-17-9-8-15(3)12-18(17)24-4/h8-9,12,16,23H,5-7,10-11,13-14H2,1-4H3,(H2,20,21,22). The molecule has 0 bridgehead atoms. The normalized spacial score (nSPS) is 12.8. The van der Waals surface area contributed by atoms with E-state index in [0.717, 1.165) is 49.6 Å². The predicted molar refractivity (Wildman–Crippen MR) is 101 cm³/mol. The average Bonchev–Trinajstić information content (AvgIpc) is 2.58. The van der Waals surface area contributed by atoms with E-state index in [-0.39, 0.29) is 6.61 Å². The van der Waals surface area contributed by atoms with Crippen molar-refractivity contribution in [3.63, 3.8) is 0 Å². The van der Waals surface area contributed by atoms with E-state index < -0.39 is 0 Å². The summed E-state index contributed by atoms with van der Waals surface area (Å²) in [5.74, 6) is 2.15. The molecule has 1 rings (SSSR count). The van der Waals surface area contributed by atoms with Gasteiger partial charge in [0.05, 0.1) is 13.7 Å². The lowest BCUT2D eigenvalue weighted by molar-refractivity contribution is 0.251. The second-order valence-corrected chi connectivity index (χ2v) is 6.06. The number of ether oxygens (including phenoxy) is 1. The van der Waals surface area contributed by atoms with Crippen LogP contribution in [0.3, 0.4) is 0 Å². The molecule has 5 nitrogen and oxygen atoms in total. The quantitative estimate of drug-likeness (QED) is 0.454. The molecule has 0 saturated heterocycles. The molecule has 136 valence electrons. The lowest BCUT2D eigenvalue weighted by Crippen LogP contribution is -2.40. The number of hydrogen-bond donors (Lipinski definition) is 3. The predicted octanol–water partition coefficient (Wildman–Crippen LogP) is 2.86. The zero-order valence-electron chi connectivity index (χ0n) is 15.6. The second-order valence-electron chi connectivity index (χ2n) is 6.06. The maximum Gasteiger partial charge on any atom is 0.191 e. The van der Waals surface area contributed by atoms with Crippen LogP contribution in [0.25, 0.3) is 0 Å². The van der Waals surface area contributed by atoms with E-state index in [1.165, 1.54) is 5.56 Å². The molecule has 1 aromatic rings. The van der Waals surface area contributed by atoms with Gasteiger partial charge in [0.25, 0.3) is 0 Å². The van der Waals surface area contributed by atoms with Crippen molar-refractivity contribution in [1.82, 2.24) is 10.6 Å². The van der Waals surface area contributed by atoms with Crippen LogP contribution in [-0.4, -0.2) is 37.9 Å². The minimum atomic E-state index is 0.237. The van der Waals surface area contributed by atoms with Crippen LogP contribution in [0.4, 0.5) is 0 Å². The maximum absolute atomic E-state index is 9.18. The fraction of sp³-hybridized carbons (Fsp3) is 0.632. The lowest BCUT2D eigenvalue weighted by atomic mass is 10.0. The van der Waals surface area contributed by atoms with Gasteiger partial charge >= 0.3 is 0 Å². The van der Waals surface area contributed by atoms with Gasteiger partial charge in [-0.05, 0) is 44.2 Å². The number of methoxy groups -OCH3 is 1. The van der Waals surface area contributed by atoms with E-state index in [9.17, 15) is 5.11 Å². The van der Waals surface area contributed by atoms with Crippen molar-refractivity contribution in [2.24, 2.45) is 10.9 Å². The Labute approximate surface area is 146 Å². The molecule has 0 radical (unpaired) electrons. The molecule has 0 amide bonds. The third-order valence-corrected chi connectivity index (χ3v) is 3.99. The smallest absolute Gasteiger partial charge is 0.191 e. The summed E-state index contributed by atoms with van der Waals surface area (Å²) in [6, 6.07) is 6.17. The largest absolute Gasteiger partial charge is 0.496 e. The van der Waals surface area contributed by atoms with Crippen molar-refractivity contribution in [3.8, 4) is 5.75 Å². The Kier molecular flexibility index (Phi) is 9.92. The van der Waals surface area contributed by atoms with Gasteiger partial charge in [0.2, 0.25) is 0 Å². The van der Waals surface area contributed by atoms with Gasteiger partial charge < -0.3 is 20.5 Å². The Morgan fingerprint density at radius 3 is 2.67 bits per heavy atom. The highest BCUT2D eigenvalue weighted by Gasteiger charge is 2.09. The summed E-state index contributed by atoms with van der Waals surface area (Å²) in [5, 5.41) is 15.8. The van der Waals surface area contributed by atoms with E-state index in [0.29, 0.717) is 12.5 Å². The molecular formula is C19H33N3O2. The van der Waals surface area contributed by atoms with Gasteiger partial charge in [-0.25, -0.2) is 4.99 Å². The van der Waals surface area contributed by atoms with Gasteiger partial charge in [-0.2, -0.15) is 0 Å². The Balaban J connectivity index is 2.71. The molecule has 1 atom stereocenters. The number of aliphatic hydroxyl groups is 1. The van der Waals surface area contributed by atoms with E-state index in [1.54, 1.807) is 7.11 Å². The fourth-order valence-electron chi connectivity index (χ4n) is 2.67. The Hall–Kier alpha value is -1.75. The lowest BCUT2D eigenvalue weighted by Gasteiger charge is -2.18. The first-order chi connectivity index (χ1) is 11.6. The number of benzene rings is 1. The van der Waals surface area contributed by atoms with Crippen molar-refractivity contribution in [3.05, 3.63) is 29.3 Å². The third kappa shape index (κ3) is 7.21. The summed E-state index contributed by atoms with van der Waals surface area (Å²) < 4.78 is 5.44. The van der Waals surface area contributed by atoms with E-state index in [2.05, 4.69) is 48.5 Å². The van der Waals surface area contributed by atoms with Gasteiger partial charge in [0.1, 0.15) is 5.75 Å². The molecular weight excluding hydrogens is 302 g/mol. The first-order valence-corrected chi connectivity index (χ1v) is 8.91. The van der Waals surface area contributed by atoms with Crippen molar-refractivity contribution in [2.45, 2.75) is 46.6 Å². The second kappa shape index (κ2) is 11.7. The Morgan fingerprint density at radius 2 is 2.04 bits per heavy atom. The van der Waals surface area contributed by atoms with Crippen LogP contribution >= 0.6 is 0 Å². The molecule has 0 spiro atoms. The van der Waals surface area contributed by atoms with Crippen LogP contribution in [0.1, 0.15) is 44.2 Å². The molecule has 0 aliphatic rings. The number of aliphatic imine (C=N–C) groups is 1. The molecule has 0 saturated carbocycles. The van der Waals surface area contributed by atoms with Gasteiger partial charge in [0.15, 0.2) is 5.96 Å². The van der Waals surface area contributed by atoms with E-state index in [1.807, 2.05) is 6.07 Å². The van der Waals surface area contributed by atoms with Crippen molar-refractivity contribution in [2.75, 3.05) is 26.8 Å². The average molecular weight is 335 g/mol. The molecule has 0 fully saturated rings. The summed E-state index contributed by atoms with van der Waals surface area (Å²) in [7, 11) is 1.69. The third-order valence-electron chi connectivity index (χ3n) is 3.99. The van der Waals surface area contributed by atoms with Gasteiger partial charge in [-0.3, -0.25) is 0 Å². The highest BCUT2D eigenvalue weighted by molar-refractivity contribution is 5.79. The minimum Gasteiger partial charge on any atom is -0.496 e. The van der Waals surface area contributed by atoms with Crippen LogP contribution in [0, 0.1) is 12.8 Å². The molecule has 5 heteroatoms. The number of guanidine groups is 1. The number of nitrogens with one attached hydrogen (secondary N) is 2. The van der Waals surface area contributed by atoms with Crippen LogP contribution in [0.15, 0.2) is 23.2 Å². The number of hydrogen-bond acceptors (Lipinski definition) is 3. The number of nitrogens with zero attached hydrogens (tertiary/aromatic N) is 1. The van der Waals surface area contributed by atoms with Crippen LogP contribution in [-0.2, 0) is 6.54 Å². The Morgan fingerprint density at radius 1 is 1.25 bits per heavy atom. The van der Waals surface area contributed by atoms with Crippen molar-refractivity contribution < 1.29 is 9.84 Å². The SMILES string of the molecule is CCCC(CCO)CNC(=NCc1ccc(C)cc1OC)NCC. The molecule has 24 heavy (non-hydrogen) atoms. The Bertz CT molecular complexity index is 497. The number of aryl methyl sites for hydroxylation is 1. The minimum absolute atomic E-state index is 0.237. The molecule has 3 N–H and O–H groups in total. The van der Waals surface area contributed by atoms with Crippen LogP contribution in [0.2, 0.25) is 0 Å². The van der Waals surface area contributed by atoms with Crippen molar-refractivity contribution in [1.29, 1.82) is 0 Å². The summed E-state index contributed by atoms with van der Waals surface area (Å²) in [6.45, 7) is 8.73. The molecule has 0 aromatic heterocycles. The topological polar surface area (TPSA) is 65.9 Å². The maximum atomic E-state index is 9.18. The summed E-state index contributed by atoms with van der Waals surface area (Å²) in [4.78, 5) is 4.67. The first kappa shape index (κ1) is 20.3. The summed E-state index contributed by atoms with van der Waals surface area (Å²) >= 11 is 0. The molecule has 0 heterocycles. The highest BCUT2D eigenvalue weighted by Crippen LogP contribution is 2.20. The van der Waals surface area contributed by atoms with Crippen LogP contribution < -0.4 is 15.4 Å². The fourth-order valence-corrected chi connectivity index (χ4v) is 2.67. The zero-order valence-corrected chi connectivity index (χ0v) is 15.6. The zero-order chi connectivity index (χ0) is 17.8. The van der Waals surface area contributed by atoms with Crippen LogP contribution in [0.5, 0.6) is 5.75 Å². The van der Waals surface area contributed by atoms with Gasteiger partial charge in [0, 0.05) is 25.3 Å². The molecule has 0 aliphatic heterocycles. The highest BCUT2D eigenvalue weighted by atomic mass is 16.5. The van der Waals surface area contributed by atoms with Gasteiger partial charge in [-0.1, -0.05) is 25.5 Å². The molecule has 1 aromatic carbocycles.